The van der Waals surface area contributed by atoms with Gasteiger partial charge in [-0.05, 0) is 6.92 Å². The van der Waals surface area contributed by atoms with Crippen molar-refractivity contribution in [3.63, 3.8) is 0 Å². The van der Waals surface area contributed by atoms with Crippen LogP contribution in [0.1, 0.15) is 29.5 Å². The molecule has 7 nitrogen and oxygen atoms in total. The number of nitrogens with zero attached hydrogens (tertiary/aromatic N) is 2. The van der Waals surface area contributed by atoms with Crippen molar-refractivity contribution in [2.45, 2.75) is 44.2 Å². The second kappa shape index (κ2) is 6.59. The first-order valence-corrected chi connectivity index (χ1v) is 7.17. The van der Waals surface area contributed by atoms with Crippen molar-refractivity contribution in [2.24, 2.45) is 5.16 Å². The van der Waals surface area contributed by atoms with Crippen LogP contribution in [-0.4, -0.2) is 56.0 Å². The highest BCUT2D eigenvalue weighted by Crippen LogP contribution is 2.31. The molecule has 0 spiro atoms. The van der Waals surface area contributed by atoms with Crippen LogP contribution in [0.2, 0.25) is 0 Å². The first-order chi connectivity index (χ1) is 9.52. The monoisotopic (exact) mass is 302 g/mol. The maximum absolute atomic E-state index is 9.78. The third kappa shape index (κ3) is 3.33. The standard InChI is InChI=1S/C12H18N2O5S/c1-6-11(13-5-20-6)10-3-7(14-19-10)2-8(16)12(18)9(17)4-15/h5,8-10,12,15-18H,2-4H2,1H3/t8-,9-,10?,12+/m1/s1. The molecule has 1 aliphatic heterocycles. The number of aromatic nitrogens is 1. The van der Waals surface area contributed by atoms with Crippen molar-refractivity contribution < 1.29 is 25.3 Å². The van der Waals surface area contributed by atoms with Crippen molar-refractivity contribution in [1.82, 2.24) is 4.98 Å². The van der Waals surface area contributed by atoms with Gasteiger partial charge < -0.3 is 25.3 Å². The molecular formula is C12H18N2O5S. The molecule has 20 heavy (non-hydrogen) atoms. The number of thiazole rings is 1. The number of aliphatic hydroxyl groups is 4. The molecule has 2 rings (SSSR count). The van der Waals surface area contributed by atoms with Gasteiger partial charge in [0.1, 0.15) is 12.2 Å². The molecule has 0 fully saturated rings. The van der Waals surface area contributed by atoms with E-state index in [2.05, 4.69) is 10.1 Å². The largest absolute Gasteiger partial charge is 0.394 e. The van der Waals surface area contributed by atoms with Gasteiger partial charge in [-0.3, -0.25) is 0 Å². The lowest BCUT2D eigenvalue weighted by molar-refractivity contribution is -0.0735. The third-order valence-electron chi connectivity index (χ3n) is 3.24. The van der Waals surface area contributed by atoms with Gasteiger partial charge in [-0.15, -0.1) is 11.3 Å². The Morgan fingerprint density at radius 3 is 2.75 bits per heavy atom. The number of hydrogen-bond acceptors (Lipinski definition) is 8. The fourth-order valence-electron chi connectivity index (χ4n) is 2.04. The van der Waals surface area contributed by atoms with E-state index < -0.39 is 24.9 Å². The minimum absolute atomic E-state index is 0.0813. The Bertz CT molecular complexity index is 478. The average Bonchev–Trinajstić information content (AvgIpc) is 3.05. The number of hydrogen-bond donors (Lipinski definition) is 4. The van der Waals surface area contributed by atoms with Crippen LogP contribution in [0.15, 0.2) is 10.7 Å². The van der Waals surface area contributed by atoms with E-state index in [0.717, 1.165) is 10.6 Å². The molecular weight excluding hydrogens is 284 g/mol. The summed E-state index contributed by atoms with van der Waals surface area (Å²) in [5.74, 6) is 0. The smallest absolute Gasteiger partial charge is 0.175 e. The van der Waals surface area contributed by atoms with E-state index in [4.69, 9.17) is 9.94 Å². The molecule has 1 unspecified atom stereocenters. The van der Waals surface area contributed by atoms with Gasteiger partial charge in [0.05, 0.1) is 29.6 Å². The van der Waals surface area contributed by atoms with Gasteiger partial charge >= 0.3 is 0 Å². The molecule has 0 amide bonds. The first-order valence-electron chi connectivity index (χ1n) is 6.29. The van der Waals surface area contributed by atoms with Crippen LogP contribution in [0.5, 0.6) is 0 Å². The highest BCUT2D eigenvalue weighted by Gasteiger charge is 2.30. The first kappa shape index (κ1) is 15.3. The molecule has 0 bridgehead atoms. The van der Waals surface area contributed by atoms with Gasteiger partial charge in [0.25, 0.3) is 0 Å². The summed E-state index contributed by atoms with van der Waals surface area (Å²) in [5, 5.41) is 41.2. The van der Waals surface area contributed by atoms with E-state index in [1.807, 2.05) is 6.92 Å². The predicted molar refractivity (Wildman–Crippen MR) is 72.5 cm³/mol. The van der Waals surface area contributed by atoms with Crippen LogP contribution >= 0.6 is 11.3 Å². The summed E-state index contributed by atoms with van der Waals surface area (Å²) in [5.41, 5.74) is 3.17. The molecule has 1 aromatic heterocycles. The number of aryl methyl sites for hydroxylation is 1. The van der Waals surface area contributed by atoms with E-state index in [0.29, 0.717) is 12.1 Å². The van der Waals surface area contributed by atoms with Crippen molar-refractivity contribution in [2.75, 3.05) is 6.61 Å². The molecule has 2 heterocycles. The highest BCUT2D eigenvalue weighted by atomic mass is 32.1. The summed E-state index contributed by atoms with van der Waals surface area (Å²) in [7, 11) is 0. The van der Waals surface area contributed by atoms with Crippen LogP contribution in [0, 0.1) is 6.92 Å². The Hall–Kier alpha value is -1.06. The van der Waals surface area contributed by atoms with E-state index in [-0.39, 0.29) is 12.5 Å². The van der Waals surface area contributed by atoms with Gasteiger partial charge in [-0.1, -0.05) is 5.16 Å². The summed E-state index contributed by atoms with van der Waals surface area (Å²) in [4.78, 5) is 10.6. The van der Waals surface area contributed by atoms with Crippen molar-refractivity contribution in [1.29, 1.82) is 0 Å². The molecule has 112 valence electrons. The van der Waals surface area contributed by atoms with Crippen molar-refractivity contribution >= 4 is 17.0 Å². The van der Waals surface area contributed by atoms with Gasteiger partial charge in [0, 0.05) is 17.7 Å². The van der Waals surface area contributed by atoms with Crippen molar-refractivity contribution in [3.8, 4) is 0 Å². The Morgan fingerprint density at radius 1 is 1.40 bits per heavy atom. The van der Waals surface area contributed by atoms with E-state index in [1.165, 1.54) is 11.3 Å². The van der Waals surface area contributed by atoms with Crippen LogP contribution in [0.3, 0.4) is 0 Å². The summed E-state index contributed by atoms with van der Waals surface area (Å²) in [6.45, 7) is 1.34. The lowest BCUT2D eigenvalue weighted by Gasteiger charge is -2.21. The number of aliphatic hydroxyl groups excluding tert-OH is 4. The van der Waals surface area contributed by atoms with Crippen molar-refractivity contribution in [3.05, 3.63) is 16.1 Å². The molecule has 0 saturated carbocycles. The van der Waals surface area contributed by atoms with Crippen LogP contribution in [0.25, 0.3) is 0 Å². The second-order valence-corrected chi connectivity index (χ2v) is 5.82. The average molecular weight is 302 g/mol. The third-order valence-corrected chi connectivity index (χ3v) is 4.01. The molecule has 1 aliphatic rings. The maximum Gasteiger partial charge on any atom is 0.175 e. The molecule has 0 aliphatic carbocycles. The van der Waals surface area contributed by atoms with Gasteiger partial charge in [0.2, 0.25) is 0 Å². The molecule has 0 aromatic carbocycles. The molecule has 1 aromatic rings. The Labute approximate surface area is 120 Å². The number of rotatable bonds is 6. The summed E-state index contributed by atoms with van der Waals surface area (Å²) in [6, 6.07) is 0. The second-order valence-electron chi connectivity index (χ2n) is 4.76. The molecule has 4 atom stereocenters. The quantitative estimate of drug-likeness (QED) is 0.575. The Kier molecular flexibility index (Phi) is 5.06. The fourth-order valence-corrected chi connectivity index (χ4v) is 2.67. The molecule has 4 N–H and O–H groups in total. The molecule has 0 radical (unpaired) electrons. The van der Waals surface area contributed by atoms with E-state index in [9.17, 15) is 15.3 Å². The lowest BCUT2D eigenvalue weighted by atomic mass is 9.99. The van der Waals surface area contributed by atoms with Gasteiger partial charge in [-0.25, -0.2) is 4.98 Å². The summed E-state index contributed by atoms with van der Waals surface area (Å²) >= 11 is 1.53. The fraction of sp³-hybridized carbons (Fsp3) is 0.667. The van der Waals surface area contributed by atoms with Crippen LogP contribution in [-0.2, 0) is 4.84 Å². The zero-order valence-corrected chi connectivity index (χ0v) is 11.8. The van der Waals surface area contributed by atoms with E-state index >= 15 is 0 Å². The Balaban J connectivity index is 1.89. The minimum Gasteiger partial charge on any atom is -0.394 e. The SMILES string of the molecule is Cc1scnc1C1CC(C[C@@H](O)[C@H](O)[C@H](O)CO)=NO1. The lowest BCUT2D eigenvalue weighted by Crippen LogP contribution is -2.40. The summed E-state index contributed by atoms with van der Waals surface area (Å²) in [6.07, 6.45) is -3.67. The predicted octanol–water partition coefficient (Wildman–Crippen LogP) is -0.266. The molecule has 0 saturated heterocycles. The van der Waals surface area contributed by atoms with Gasteiger partial charge in [-0.2, -0.15) is 0 Å². The zero-order chi connectivity index (χ0) is 14.7. The zero-order valence-electron chi connectivity index (χ0n) is 11.0. The topological polar surface area (TPSA) is 115 Å². The van der Waals surface area contributed by atoms with Gasteiger partial charge in [0.15, 0.2) is 6.10 Å². The minimum atomic E-state index is -1.41. The Morgan fingerprint density at radius 2 is 2.15 bits per heavy atom. The van der Waals surface area contributed by atoms with E-state index in [1.54, 1.807) is 5.51 Å². The highest BCUT2D eigenvalue weighted by molar-refractivity contribution is 7.09. The summed E-state index contributed by atoms with van der Waals surface area (Å²) < 4.78 is 0. The normalized spacial score (nSPS) is 23.1. The van der Waals surface area contributed by atoms with Crippen LogP contribution in [0.4, 0.5) is 0 Å². The molecule has 8 heteroatoms. The van der Waals surface area contributed by atoms with Crippen LogP contribution < -0.4 is 0 Å². The number of oxime groups is 1. The maximum atomic E-state index is 9.78.